The number of amidine groups is 1. The Morgan fingerprint density at radius 1 is 1.38 bits per heavy atom. The molecule has 0 aromatic heterocycles. The second-order valence-corrected chi connectivity index (χ2v) is 8.60. The average molecular weight is 327 g/mol. The Morgan fingerprint density at radius 2 is 2.14 bits per heavy atom. The van der Waals surface area contributed by atoms with E-state index in [0.29, 0.717) is 19.5 Å². The summed E-state index contributed by atoms with van der Waals surface area (Å²) in [5.41, 5.74) is 7.37. The second kappa shape index (κ2) is 6.70. The summed E-state index contributed by atoms with van der Waals surface area (Å²) >= 11 is 1.65. The molecule has 0 radical (unpaired) electrons. The lowest BCUT2D eigenvalue weighted by Gasteiger charge is -2.26. The van der Waals surface area contributed by atoms with E-state index in [1.165, 1.54) is 0 Å². The van der Waals surface area contributed by atoms with Gasteiger partial charge in [0.1, 0.15) is 5.84 Å². The Labute approximate surface area is 130 Å². The molecule has 1 saturated heterocycles. The Kier molecular flexibility index (Phi) is 5.16. The largest absolute Gasteiger partial charge is 0.384 e. The molecule has 0 bridgehead atoms. The van der Waals surface area contributed by atoms with E-state index in [9.17, 15) is 8.42 Å². The quantitative estimate of drug-likeness (QED) is 0.499. The zero-order chi connectivity index (χ0) is 15.5. The predicted molar refractivity (Wildman–Crippen MR) is 89.3 cm³/mol. The van der Waals surface area contributed by atoms with Crippen molar-refractivity contribution < 1.29 is 8.42 Å². The van der Waals surface area contributed by atoms with Crippen LogP contribution in [0, 0.1) is 5.41 Å². The fourth-order valence-electron chi connectivity index (χ4n) is 2.51. The first-order chi connectivity index (χ1) is 9.94. The van der Waals surface area contributed by atoms with Gasteiger partial charge in [0.25, 0.3) is 0 Å². The number of rotatable bonds is 4. The molecule has 3 N–H and O–H groups in total. The van der Waals surface area contributed by atoms with Crippen molar-refractivity contribution in [2.75, 3.05) is 35.2 Å². The molecule has 0 aliphatic carbocycles. The minimum Gasteiger partial charge on any atom is -0.384 e. The molecule has 1 aromatic carbocycles. The zero-order valence-electron chi connectivity index (χ0n) is 12.1. The Morgan fingerprint density at radius 3 is 2.81 bits per heavy atom. The van der Waals surface area contributed by atoms with Crippen LogP contribution >= 0.6 is 11.8 Å². The van der Waals surface area contributed by atoms with Crippen molar-refractivity contribution in [1.82, 2.24) is 0 Å². The number of hydrogen-bond acceptors (Lipinski definition) is 5. The van der Waals surface area contributed by atoms with Gasteiger partial charge in [-0.15, -0.1) is 11.8 Å². The lowest BCUT2D eigenvalue weighted by molar-refractivity contribution is 0.597. The minimum absolute atomic E-state index is 0.0358. The SMILES string of the molecule is CCSc1cccc(N2CCCS(=O)(=O)CC2)c1C(=N)N. The highest BCUT2D eigenvalue weighted by Gasteiger charge is 2.22. The van der Waals surface area contributed by atoms with Gasteiger partial charge in [0.15, 0.2) is 9.84 Å². The maximum atomic E-state index is 11.7. The zero-order valence-corrected chi connectivity index (χ0v) is 13.8. The van der Waals surface area contributed by atoms with Crippen LogP contribution in [0.1, 0.15) is 18.9 Å². The number of benzene rings is 1. The first kappa shape index (κ1) is 16.2. The van der Waals surface area contributed by atoms with Gasteiger partial charge in [-0.3, -0.25) is 5.41 Å². The van der Waals surface area contributed by atoms with Crippen LogP contribution in [0.2, 0.25) is 0 Å². The van der Waals surface area contributed by atoms with Crippen molar-refractivity contribution in [3.8, 4) is 0 Å². The summed E-state index contributed by atoms with van der Waals surface area (Å²) in [7, 11) is -2.95. The molecule has 21 heavy (non-hydrogen) atoms. The van der Waals surface area contributed by atoms with Gasteiger partial charge in [0.05, 0.1) is 17.1 Å². The molecule has 1 aromatic rings. The van der Waals surface area contributed by atoms with Crippen LogP contribution in [-0.2, 0) is 9.84 Å². The third-order valence-corrected chi connectivity index (χ3v) is 6.12. The standard InChI is InChI=1S/C14H21N3O2S2/c1-2-20-12-6-3-5-11(13(12)14(15)16)17-7-4-9-21(18,19)10-8-17/h3,5-6H,2,4,7-10H2,1H3,(H3,15,16). The maximum Gasteiger partial charge on any atom is 0.152 e. The topological polar surface area (TPSA) is 87.2 Å². The molecular formula is C14H21N3O2S2. The summed E-state index contributed by atoms with van der Waals surface area (Å²) in [4.78, 5) is 3.02. The fraction of sp³-hybridized carbons (Fsp3) is 0.500. The van der Waals surface area contributed by atoms with Gasteiger partial charge in [0.2, 0.25) is 0 Å². The third-order valence-electron chi connectivity index (χ3n) is 3.47. The summed E-state index contributed by atoms with van der Waals surface area (Å²) in [5.74, 6) is 1.34. The maximum absolute atomic E-state index is 11.7. The number of nitrogens with one attached hydrogen (secondary N) is 1. The van der Waals surface area contributed by atoms with Crippen molar-refractivity contribution in [2.45, 2.75) is 18.2 Å². The lowest BCUT2D eigenvalue weighted by atomic mass is 10.1. The van der Waals surface area contributed by atoms with Crippen LogP contribution in [0.3, 0.4) is 0 Å². The summed E-state index contributed by atoms with van der Waals surface area (Å²) < 4.78 is 23.5. The summed E-state index contributed by atoms with van der Waals surface area (Å²) in [5, 5.41) is 7.87. The molecule has 116 valence electrons. The van der Waals surface area contributed by atoms with E-state index < -0.39 is 9.84 Å². The molecule has 5 nitrogen and oxygen atoms in total. The number of anilines is 1. The first-order valence-corrected chi connectivity index (χ1v) is 9.81. The molecule has 0 saturated carbocycles. The highest BCUT2D eigenvalue weighted by molar-refractivity contribution is 7.99. The molecule has 1 aliphatic rings. The van der Waals surface area contributed by atoms with Crippen molar-refractivity contribution >= 4 is 33.1 Å². The van der Waals surface area contributed by atoms with E-state index in [4.69, 9.17) is 11.1 Å². The normalized spacial score (nSPS) is 18.2. The van der Waals surface area contributed by atoms with Crippen LogP contribution in [0.5, 0.6) is 0 Å². The van der Waals surface area contributed by atoms with Crippen LogP contribution in [0.4, 0.5) is 5.69 Å². The fourth-order valence-corrected chi connectivity index (χ4v) is 4.63. The van der Waals surface area contributed by atoms with E-state index in [0.717, 1.165) is 21.9 Å². The number of nitrogens with zero attached hydrogens (tertiary/aromatic N) is 1. The molecule has 2 rings (SSSR count). The van der Waals surface area contributed by atoms with E-state index in [-0.39, 0.29) is 17.3 Å². The van der Waals surface area contributed by atoms with Gasteiger partial charge in [-0.1, -0.05) is 13.0 Å². The smallest absolute Gasteiger partial charge is 0.152 e. The number of thioether (sulfide) groups is 1. The van der Waals surface area contributed by atoms with Crippen LogP contribution in [-0.4, -0.2) is 44.6 Å². The number of sulfone groups is 1. The Bertz CT molecular complexity index is 629. The van der Waals surface area contributed by atoms with E-state index >= 15 is 0 Å². The van der Waals surface area contributed by atoms with Gasteiger partial charge in [-0.25, -0.2) is 8.42 Å². The van der Waals surface area contributed by atoms with E-state index in [1.54, 1.807) is 11.8 Å². The second-order valence-electron chi connectivity index (χ2n) is 4.99. The molecule has 1 aliphatic heterocycles. The Hall–Kier alpha value is -1.21. The van der Waals surface area contributed by atoms with Gasteiger partial charge < -0.3 is 10.6 Å². The molecule has 0 unspecified atom stereocenters. The summed E-state index contributed by atoms with van der Waals surface area (Å²) in [6.45, 7) is 3.20. The Balaban J connectivity index is 2.38. The number of nitrogens with two attached hydrogens (primary N) is 1. The number of hydrogen-bond donors (Lipinski definition) is 2. The molecular weight excluding hydrogens is 306 g/mol. The highest BCUT2D eigenvalue weighted by Crippen LogP contribution is 2.31. The predicted octanol–water partition coefficient (Wildman–Crippen LogP) is 1.71. The molecule has 0 amide bonds. The van der Waals surface area contributed by atoms with Crippen molar-refractivity contribution in [2.24, 2.45) is 5.73 Å². The lowest BCUT2D eigenvalue weighted by Crippen LogP contribution is -2.29. The van der Waals surface area contributed by atoms with Crippen molar-refractivity contribution in [3.05, 3.63) is 23.8 Å². The van der Waals surface area contributed by atoms with Gasteiger partial charge in [-0.05, 0) is 24.3 Å². The van der Waals surface area contributed by atoms with Gasteiger partial charge >= 0.3 is 0 Å². The molecule has 1 heterocycles. The van der Waals surface area contributed by atoms with Crippen LogP contribution < -0.4 is 10.6 Å². The van der Waals surface area contributed by atoms with Crippen LogP contribution in [0.25, 0.3) is 0 Å². The third kappa shape index (κ3) is 3.91. The van der Waals surface area contributed by atoms with E-state index in [1.807, 2.05) is 23.1 Å². The van der Waals surface area contributed by atoms with E-state index in [2.05, 4.69) is 6.92 Å². The summed E-state index contributed by atoms with van der Waals surface area (Å²) in [6.07, 6.45) is 0.616. The summed E-state index contributed by atoms with van der Waals surface area (Å²) in [6, 6.07) is 5.83. The van der Waals surface area contributed by atoms with Crippen LogP contribution in [0.15, 0.2) is 23.1 Å². The van der Waals surface area contributed by atoms with Gasteiger partial charge in [0, 0.05) is 23.7 Å². The highest BCUT2D eigenvalue weighted by atomic mass is 32.2. The molecule has 7 heteroatoms. The average Bonchev–Trinajstić information content (AvgIpc) is 2.59. The molecule has 0 spiro atoms. The molecule has 0 atom stereocenters. The van der Waals surface area contributed by atoms with Gasteiger partial charge in [-0.2, -0.15) is 0 Å². The first-order valence-electron chi connectivity index (χ1n) is 7.00. The van der Waals surface area contributed by atoms with Crippen molar-refractivity contribution in [3.63, 3.8) is 0 Å². The monoisotopic (exact) mass is 327 g/mol. The number of nitrogen functional groups attached to an aromatic ring is 1. The van der Waals surface area contributed by atoms with Crippen molar-refractivity contribution in [1.29, 1.82) is 5.41 Å². The minimum atomic E-state index is -2.95. The molecule has 1 fully saturated rings.